The molecule has 0 saturated heterocycles. The number of para-hydroxylation sites is 1. The Bertz CT molecular complexity index is 4280. The van der Waals surface area contributed by atoms with E-state index in [-0.39, 0.29) is 0 Å². The average Bonchev–Trinajstić information content (AvgIpc) is 3.93. The lowest BCUT2D eigenvalue weighted by Crippen LogP contribution is -2.00. The van der Waals surface area contributed by atoms with Crippen LogP contribution in [0.5, 0.6) is 0 Å². The standard InChI is InChI=1S/C61H36N4O/c1-2-11-37(12-3-1)38-21-26-42(27-22-38)59-62-60(45-28-25-40-24-23-39-13-6-7-16-47(39)50(40)34-45)64-61(63-59)49-18-10-20-55-57(49)58-51-36-46(31-29-41(51)30-32-56(58)66-55)65-53-19-9-8-17-48(53)52-33-43-14-4-5-15-44(43)35-54(52)65/h1-36H. The highest BCUT2D eigenvalue weighted by Gasteiger charge is 2.21. The predicted octanol–water partition coefficient (Wildman–Crippen LogP) is 16.1. The molecule has 0 radical (unpaired) electrons. The Balaban J connectivity index is 1.00. The predicted molar refractivity (Wildman–Crippen MR) is 273 cm³/mol. The van der Waals surface area contributed by atoms with Gasteiger partial charge in [0, 0.05) is 43.9 Å². The monoisotopic (exact) mass is 840 g/mol. The molecular formula is C61H36N4O. The van der Waals surface area contributed by atoms with E-state index in [1.807, 2.05) is 18.2 Å². The first-order valence-corrected chi connectivity index (χ1v) is 22.3. The van der Waals surface area contributed by atoms with Crippen molar-refractivity contribution in [1.82, 2.24) is 19.5 Å². The number of benzene rings is 11. The van der Waals surface area contributed by atoms with Crippen LogP contribution >= 0.6 is 0 Å². The summed E-state index contributed by atoms with van der Waals surface area (Å²) in [6, 6.07) is 77.6. The largest absolute Gasteiger partial charge is 0.456 e. The molecule has 0 unspecified atom stereocenters. The van der Waals surface area contributed by atoms with Crippen molar-refractivity contribution in [3.8, 4) is 51.0 Å². The van der Waals surface area contributed by atoms with Crippen LogP contribution in [-0.4, -0.2) is 19.5 Å². The normalized spacial score (nSPS) is 11.9. The van der Waals surface area contributed by atoms with Crippen molar-refractivity contribution in [3.05, 3.63) is 218 Å². The van der Waals surface area contributed by atoms with Gasteiger partial charge in [0.1, 0.15) is 11.2 Å². The highest BCUT2D eigenvalue weighted by Crippen LogP contribution is 2.42. The molecule has 0 aliphatic rings. The van der Waals surface area contributed by atoms with Gasteiger partial charge in [-0.05, 0) is 103 Å². The van der Waals surface area contributed by atoms with Crippen LogP contribution < -0.4 is 0 Å². The lowest BCUT2D eigenvalue weighted by molar-refractivity contribution is 0.669. The first kappa shape index (κ1) is 36.5. The molecule has 0 aliphatic heterocycles. The molecular weight excluding hydrogens is 805 g/mol. The fourth-order valence-corrected chi connectivity index (χ4v) is 10.2. The number of hydrogen-bond acceptors (Lipinski definition) is 4. The van der Waals surface area contributed by atoms with Crippen LogP contribution in [0.25, 0.3) is 138 Å². The van der Waals surface area contributed by atoms with E-state index in [0.717, 1.165) is 77.1 Å². The van der Waals surface area contributed by atoms with Crippen LogP contribution in [0.15, 0.2) is 223 Å². The summed E-state index contributed by atoms with van der Waals surface area (Å²) in [7, 11) is 0. The topological polar surface area (TPSA) is 56.7 Å². The van der Waals surface area contributed by atoms with Crippen molar-refractivity contribution in [3.63, 3.8) is 0 Å². The first-order valence-electron chi connectivity index (χ1n) is 22.3. The van der Waals surface area contributed by atoms with E-state index in [2.05, 4.69) is 205 Å². The van der Waals surface area contributed by atoms with Gasteiger partial charge in [0.25, 0.3) is 0 Å². The Kier molecular flexibility index (Phi) is 7.91. The van der Waals surface area contributed by atoms with Crippen molar-refractivity contribution in [1.29, 1.82) is 0 Å². The summed E-state index contributed by atoms with van der Waals surface area (Å²) in [5, 5.41) is 13.8. The van der Waals surface area contributed by atoms with Gasteiger partial charge in [-0.1, -0.05) is 170 Å². The molecule has 306 valence electrons. The van der Waals surface area contributed by atoms with E-state index in [9.17, 15) is 0 Å². The summed E-state index contributed by atoms with van der Waals surface area (Å²) in [5.74, 6) is 1.78. The van der Waals surface area contributed by atoms with Gasteiger partial charge in [0.2, 0.25) is 0 Å². The highest BCUT2D eigenvalue weighted by molar-refractivity contribution is 6.23. The zero-order valence-corrected chi connectivity index (χ0v) is 35.5. The van der Waals surface area contributed by atoms with Gasteiger partial charge >= 0.3 is 0 Å². The van der Waals surface area contributed by atoms with E-state index in [0.29, 0.717) is 17.5 Å². The molecule has 66 heavy (non-hydrogen) atoms. The number of furan rings is 1. The molecule has 0 fully saturated rings. The Morgan fingerprint density at radius 2 is 0.894 bits per heavy atom. The van der Waals surface area contributed by atoms with Crippen LogP contribution in [0.2, 0.25) is 0 Å². The van der Waals surface area contributed by atoms with E-state index >= 15 is 0 Å². The second kappa shape index (κ2) is 14.3. The molecule has 11 aromatic carbocycles. The van der Waals surface area contributed by atoms with Gasteiger partial charge in [-0.2, -0.15) is 0 Å². The molecule has 0 aliphatic carbocycles. The van der Waals surface area contributed by atoms with Crippen molar-refractivity contribution in [2.45, 2.75) is 0 Å². The van der Waals surface area contributed by atoms with Gasteiger partial charge in [0.15, 0.2) is 17.5 Å². The van der Waals surface area contributed by atoms with Gasteiger partial charge in [-0.3, -0.25) is 0 Å². The minimum absolute atomic E-state index is 0.580. The fraction of sp³-hybridized carbons (Fsp3) is 0. The van der Waals surface area contributed by atoms with Gasteiger partial charge in [-0.25, -0.2) is 15.0 Å². The fourth-order valence-electron chi connectivity index (χ4n) is 10.2. The zero-order chi connectivity index (χ0) is 43.3. The van der Waals surface area contributed by atoms with Crippen molar-refractivity contribution in [2.75, 3.05) is 0 Å². The maximum Gasteiger partial charge on any atom is 0.164 e. The number of nitrogens with zero attached hydrogens (tertiary/aromatic N) is 4. The summed E-state index contributed by atoms with van der Waals surface area (Å²) in [6.07, 6.45) is 0. The molecule has 0 saturated carbocycles. The molecule has 3 aromatic heterocycles. The third-order valence-electron chi connectivity index (χ3n) is 13.4. The summed E-state index contributed by atoms with van der Waals surface area (Å²) < 4.78 is 9.14. The van der Waals surface area contributed by atoms with E-state index < -0.39 is 0 Å². The highest BCUT2D eigenvalue weighted by atomic mass is 16.3. The van der Waals surface area contributed by atoms with Gasteiger partial charge in [-0.15, -0.1) is 0 Å². The lowest BCUT2D eigenvalue weighted by Gasteiger charge is -2.12. The molecule has 0 spiro atoms. The SMILES string of the molecule is c1ccc(-c2ccc(-c3nc(-c4ccc5ccc6ccccc6c5c4)nc(-c4cccc5oc6ccc7ccc(-n8c9ccccc9c9cc%10ccccc%10cc98)cc7c6c45)n3)cc2)cc1. The van der Waals surface area contributed by atoms with Gasteiger partial charge < -0.3 is 8.98 Å². The van der Waals surface area contributed by atoms with Crippen LogP contribution in [0.1, 0.15) is 0 Å². The quantitative estimate of drug-likeness (QED) is 0.162. The van der Waals surface area contributed by atoms with E-state index in [1.54, 1.807) is 0 Å². The molecule has 0 amide bonds. The van der Waals surface area contributed by atoms with Crippen LogP contribution in [0, 0.1) is 0 Å². The number of fused-ring (bicyclic) bond motifs is 12. The molecule has 5 nitrogen and oxygen atoms in total. The number of rotatable bonds is 5. The molecule has 0 bridgehead atoms. The van der Waals surface area contributed by atoms with Crippen molar-refractivity contribution >= 4 is 86.8 Å². The Labute approximate surface area is 378 Å². The van der Waals surface area contributed by atoms with E-state index in [4.69, 9.17) is 19.4 Å². The Morgan fingerprint density at radius 1 is 0.303 bits per heavy atom. The van der Waals surface area contributed by atoms with E-state index in [1.165, 1.54) is 43.2 Å². The minimum atomic E-state index is 0.580. The molecule has 0 atom stereocenters. The molecule has 14 aromatic rings. The number of aromatic nitrogens is 4. The Hall–Kier alpha value is -8.93. The Morgan fingerprint density at radius 3 is 1.74 bits per heavy atom. The first-order chi connectivity index (χ1) is 32.7. The van der Waals surface area contributed by atoms with Crippen LogP contribution in [0.3, 0.4) is 0 Å². The minimum Gasteiger partial charge on any atom is -0.456 e. The second-order valence-corrected chi connectivity index (χ2v) is 17.2. The second-order valence-electron chi connectivity index (χ2n) is 17.2. The maximum atomic E-state index is 6.74. The third kappa shape index (κ3) is 5.70. The summed E-state index contributed by atoms with van der Waals surface area (Å²) in [4.78, 5) is 15.9. The molecule has 3 heterocycles. The average molecular weight is 841 g/mol. The smallest absolute Gasteiger partial charge is 0.164 e. The van der Waals surface area contributed by atoms with Crippen LogP contribution in [0.4, 0.5) is 0 Å². The van der Waals surface area contributed by atoms with Crippen molar-refractivity contribution in [2.24, 2.45) is 0 Å². The van der Waals surface area contributed by atoms with Crippen molar-refractivity contribution < 1.29 is 4.42 Å². The third-order valence-corrected chi connectivity index (χ3v) is 13.4. The molecule has 0 N–H and O–H groups in total. The molecule has 14 rings (SSSR count). The zero-order valence-electron chi connectivity index (χ0n) is 35.5. The summed E-state index contributed by atoms with van der Waals surface area (Å²) in [5.41, 5.74) is 9.99. The lowest BCUT2D eigenvalue weighted by atomic mass is 9.99. The summed E-state index contributed by atoms with van der Waals surface area (Å²) >= 11 is 0. The molecule has 5 heteroatoms. The van der Waals surface area contributed by atoms with Gasteiger partial charge in [0.05, 0.1) is 11.0 Å². The summed E-state index contributed by atoms with van der Waals surface area (Å²) in [6.45, 7) is 0. The maximum absolute atomic E-state index is 6.74. The number of hydrogen-bond donors (Lipinski definition) is 0. The van der Waals surface area contributed by atoms with Crippen LogP contribution in [-0.2, 0) is 0 Å².